The molecule has 1 aromatic carbocycles. The summed E-state index contributed by atoms with van der Waals surface area (Å²) < 4.78 is 5.33. The van der Waals surface area contributed by atoms with Crippen molar-refractivity contribution in [2.24, 2.45) is 5.92 Å². The zero-order valence-electron chi connectivity index (χ0n) is 15.5. The number of nitrogens with one attached hydrogen (secondary N) is 1. The second-order valence-corrected chi connectivity index (χ2v) is 7.17. The average molecular weight is 349 g/mol. The highest BCUT2D eigenvalue weighted by Crippen LogP contribution is 2.16. The number of hydrogen-bond acceptors (Lipinski definition) is 5. The van der Waals surface area contributed by atoms with Crippen LogP contribution in [0.4, 0.5) is 0 Å². The maximum absolute atomic E-state index is 12.0. The van der Waals surface area contributed by atoms with Crippen LogP contribution in [0.3, 0.4) is 0 Å². The first kappa shape index (κ1) is 20.7. The summed E-state index contributed by atoms with van der Waals surface area (Å²) in [7, 11) is 0. The predicted molar refractivity (Wildman–Crippen MR) is 93.6 cm³/mol. The fourth-order valence-electron chi connectivity index (χ4n) is 2.18. The zero-order chi connectivity index (χ0) is 19.0. The number of esters is 1. The van der Waals surface area contributed by atoms with Crippen molar-refractivity contribution in [3.8, 4) is 0 Å². The molecule has 1 rings (SSSR count). The van der Waals surface area contributed by atoms with Crippen molar-refractivity contribution in [3.05, 3.63) is 35.4 Å². The van der Waals surface area contributed by atoms with Gasteiger partial charge in [-0.05, 0) is 57.2 Å². The maximum atomic E-state index is 12.0. The van der Waals surface area contributed by atoms with Crippen LogP contribution in [-0.2, 0) is 25.6 Å². The number of rotatable bonds is 6. The van der Waals surface area contributed by atoms with E-state index in [-0.39, 0.29) is 24.2 Å². The summed E-state index contributed by atoms with van der Waals surface area (Å²) in [5, 5.41) is 0. The van der Waals surface area contributed by atoms with E-state index in [1.54, 1.807) is 12.1 Å². The van der Waals surface area contributed by atoms with E-state index in [1.165, 1.54) is 6.92 Å². The SMILES string of the molecule is CC(=O)ONC(=O)CCC(C)Cc1ccc(C(=O)OC(C)(C)C)cc1. The van der Waals surface area contributed by atoms with Crippen LogP contribution in [0.15, 0.2) is 24.3 Å². The molecule has 0 aliphatic heterocycles. The van der Waals surface area contributed by atoms with E-state index in [0.717, 1.165) is 12.0 Å². The molecule has 1 atom stereocenters. The largest absolute Gasteiger partial charge is 0.456 e. The van der Waals surface area contributed by atoms with Gasteiger partial charge in [-0.2, -0.15) is 5.48 Å². The molecule has 25 heavy (non-hydrogen) atoms. The van der Waals surface area contributed by atoms with Crippen LogP contribution in [0.2, 0.25) is 0 Å². The number of carbonyl (C=O) groups excluding carboxylic acids is 3. The zero-order valence-corrected chi connectivity index (χ0v) is 15.5. The minimum Gasteiger partial charge on any atom is -0.456 e. The Labute approximate surface area is 148 Å². The van der Waals surface area contributed by atoms with Gasteiger partial charge in [0.1, 0.15) is 5.60 Å². The minimum atomic E-state index is -0.550. The van der Waals surface area contributed by atoms with Gasteiger partial charge in [0.15, 0.2) is 0 Å². The van der Waals surface area contributed by atoms with Gasteiger partial charge in [-0.15, -0.1) is 0 Å². The Bertz CT molecular complexity index is 601. The van der Waals surface area contributed by atoms with Crippen LogP contribution in [0.25, 0.3) is 0 Å². The second-order valence-electron chi connectivity index (χ2n) is 7.17. The number of hydrogen-bond donors (Lipinski definition) is 1. The highest BCUT2D eigenvalue weighted by molar-refractivity contribution is 5.89. The Morgan fingerprint density at radius 1 is 1.12 bits per heavy atom. The summed E-state index contributed by atoms with van der Waals surface area (Å²) in [5.74, 6) is -0.932. The molecule has 1 amide bonds. The molecule has 0 fully saturated rings. The molecule has 138 valence electrons. The van der Waals surface area contributed by atoms with Gasteiger partial charge in [0.05, 0.1) is 5.56 Å². The Kier molecular flexibility index (Phi) is 7.61. The Hall–Kier alpha value is -2.37. The molecule has 6 heteroatoms. The van der Waals surface area contributed by atoms with Gasteiger partial charge in [0.2, 0.25) is 0 Å². The molecular weight excluding hydrogens is 322 g/mol. The van der Waals surface area contributed by atoms with E-state index in [9.17, 15) is 14.4 Å². The highest BCUT2D eigenvalue weighted by Gasteiger charge is 2.17. The van der Waals surface area contributed by atoms with Gasteiger partial charge in [-0.1, -0.05) is 19.1 Å². The van der Waals surface area contributed by atoms with Crippen LogP contribution in [0, 0.1) is 5.92 Å². The standard InChI is InChI=1S/C19H27NO5/c1-13(6-11-17(22)20-25-14(2)21)12-15-7-9-16(10-8-15)18(23)24-19(3,4)5/h7-10,13H,6,11-12H2,1-5H3,(H,20,22). The lowest BCUT2D eigenvalue weighted by Gasteiger charge is -2.19. The summed E-state index contributed by atoms with van der Waals surface area (Å²) in [6.07, 6.45) is 1.74. The molecule has 0 aliphatic rings. The topological polar surface area (TPSA) is 81.7 Å². The first-order chi connectivity index (χ1) is 11.6. The Morgan fingerprint density at radius 3 is 2.24 bits per heavy atom. The minimum absolute atomic E-state index is 0.274. The van der Waals surface area contributed by atoms with Gasteiger partial charge < -0.3 is 9.57 Å². The molecule has 0 aromatic heterocycles. The van der Waals surface area contributed by atoms with Crippen molar-refractivity contribution in [1.82, 2.24) is 5.48 Å². The van der Waals surface area contributed by atoms with Gasteiger partial charge in [-0.25, -0.2) is 4.79 Å². The highest BCUT2D eigenvalue weighted by atomic mass is 16.7. The molecule has 0 saturated carbocycles. The summed E-state index contributed by atoms with van der Waals surface area (Å²) in [6, 6.07) is 7.30. The molecule has 1 unspecified atom stereocenters. The predicted octanol–water partition coefficient (Wildman–Crippen LogP) is 3.20. The van der Waals surface area contributed by atoms with E-state index in [2.05, 4.69) is 10.3 Å². The van der Waals surface area contributed by atoms with Gasteiger partial charge >= 0.3 is 11.9 Å². The fourth-order valence-corrected chi connectivity index (χ4v) is 2.18. The van der Waals surface area contributed by atoms with Gasteiger partial charge in [0.25, 0.3) is 5.91 Å². The van der Waals surface area contributed by atoms with Gasteiger partial charge in [-0.3, -0.25) is 9.59 Å². The molecule has 0 saturated heterocycles. The van der Waals surface area contributed by atoms with Crippen LogP contribution in [0.5, 0.6) is 0 Å². The van der Waals surface area contributed by atoms with Crippen molar-refractivity contribution >= 4 is 17.8 Å². The fraction of sp³-hybridized carbons (Fsp3) is 0.526. The van der Waals surface area contributed by atoms with Crippen molar-refractivity contribution in [2.75, 3.05) is 0 Å². The molecule has 1 aromatic rings. The monoisotopic (exact) mass is 349 g/mol. The average Bonchev–Trinajstić information content (AvgIpc) is 2.50. The van der Waals surface area contributed by atoms with Crippen molar-refractivity contribution in [1.29, 1.82) is 0 Å². The quantitative estimate of drug-likeness (QED) is 0.630. The smallest absolute Gasteiger partial charge is 0.338 e. The lowest BCUT2D eigenvalue weighted by atomic mass is 9.96. The third-order valence-corrected chi connectivity index (χ3v) is 3.35. The number of benzene rings is 1. The molecule has 0 bridgehead atoms. The van der Waals surface area contributed by atoms with Crippen LogP contribution in [0.1, 0.15) is 63.4 Å². The van der Waals surface area contributed by atoms with Crippen molar-refractivity contribution < 1.29 is 24.0 Å². The maximum Gasteiger partial charge on any atom is 0.338 e. The third kappa shape index (κ3) is 8.88. The molecule has 0 heterocycles. The molecular formula is C19H27NO5. The molecule has 0 aliphatic carbocycles. The molecule has 0 spiro atoms. The van der Waals surface area contributed by atoms with Crippen LogP contribution < -0.4 is 5.48 Å². The second kappa shape index (κ2) is 9.20. The van der Waals surface area contributed by atoms with E-state index < -0.39 is 11.6 Å². The molecule has 6 nitrogen and oxygen atoms in total. The van der Waals surface area contributed by atoms with Crippen LogP contribution >= 0.6 is 0 Å². The van der Waals surface area contributed by atoms with Crippen LogP contribution in [-0.4, -0.2) is 23.4 Å². The molecule has 0 radical (unpaired) electrons. The Balaban J connectivity index is 2.45. The number of hydroxylamine groups is 1. The Morgan fingerprint density at radius 2 is 1.72 bits per heavy atom. The lowest BCUT2D eigenvalue weighted by molar-refractivity contribution is -0.156. The van der Waals surface area contributed by atoms with E-state index in [1.807, 2.05) is 39.8 Å². The third-order valence-electron chi connectivity index (χ3n) is 3.35. The summed E-state index contributed by atoms with van der Waals surface area (Å²) in [4.78, 5) is 38.5. The first-order valence-electron chi connectivity index (χ1n) is 8.35. The number of amides is 1. The number of carbonyl (C=O) groups is 3. The lowest BCUT2D eigenvalue weighted by Crippen LogP contribution is -2.26. The summed E-state index contributed by atoms with van der Waals surface area (Å²) >= 11 is 0. The number of ether oxygens (including phenoxy) is 1. The van der Waals surface area contributed by atoms with E-state index in [0.29, 0.717) is 12.0 Å². The molecule has 1 N–H and O–H groups in total. The first-order valence-corrected chi connectivity index (χ1v) is 8.35. The summed E-state index contributed by atoms with van der Waals surface area (Å²) in [6.45, 7) is 8.76. The van der Waals surface area contributed by atoms with E-state index >= 15 is 0 Å². The van der Waals surface area contributed by atoms with Gasteiger partial charge in [0, 0.05) is 13.3 Å². The van der Waals surface area contributed by atoms with E-state index in [4.69, 9.17) is 4.74 Å². The van der Waals surface area contributed by atoms with Crippen molar-refractivity contribution in [3.63, 3.8) is 0 Å². The normalized spacial score (nSPS) is 12.2. The summed E-state index contributed by atoms with van der Waals surface area (Å²) in [5.41, 5.74) is 3.19. The van der Waals surface area contributed by atoms with Crippen molar-refractivity contribution in [2.45, 2.75) is 59.5 Å².